The third-order valence-corrected chi connectivity index (χ3v) is 6.20. The summed E-state index contributed by atoms with van der Waals surface area (Å²) in [6.45, 7) is 3.86. The van der Waals surface area contributed by atoms with Crippen molar-refractivity contribution in [3.63, 3.8) is 0 Å². The first-order valence-electron chi connectivity index (χ1n) is 9.32. The second-order valence-corrected chi connectivity index (χ2v) is 8.62. The summed E-state index contributed by atoms with van der Waals surface area (Å²) < 4.78 is 27.6. The number of nitrogens with one attached hydrogen (secondary N) is 1. The van der Waals surface area contributed by atoms with Gasteiger partial charge in [-0.2, -0.15) is 0 Å². The van der Waals surface area contributed by atoms with Crippen LogP contribution in [0.5, 0.6) is 0 Å². The first-order chi connectivity index (χ1) is 14.0. The summed E-state index contributed by atoms with van der Waals surface area (Å²) in [7, 11) is -1.58. The Morgan fingerprint density at radius 1 is 0.966 bits per heavy atom. The summed E-state index contributed by atoms with van der Waals surface area (Å²) >= 11 is 0. The highest BCUT2D eigenvalue weighted by Gasteiger charge is 2.17. The van der Waals surface area contributed by atoms with Crippen LogP contribution in [0.15, 0.2) is 65.8 Å². The standard InChI is InChI=1S/C20H22N6O2S/c1-25-10-12-26(13-11-25)20-8-7-19(22-23-20)16-4-2-5-17(14-16)24-29(27,28)18-6-3-9-21-15-18/h2-9,14-15,24H,10-13H2,1H3. The molecule has 0 spiro atoms. The Labute approximate surface area is 170 Å². The lowest BCUT2D eigenvalue weighted by Gasteiger charge is -2.32. The molecule has 2 aromatic heterocycles. The minimum Gasteiger partial charge on any atom is -0.353 e. The molecule has 1 fully saturated rings. The number of rotatable bonds is 5. The fraction of sp³-hybridized carbons (Fsp3) is 0.250. The molecule has 1 aliphatic rings. The number of pyridine rings is 1. The highest BCUT2D eigenvalue weighted by molar-refractivity contribution is 7.92. The molecule has 0 aliphatic carbocycles. The normalized spacial score (nSPS) is 15.3. The summed E-state index contributed by atoms with van der Waals surface area (Å²) in [6, 6.07) is 14.1. The van der Waals surface area contributed by atoms with E-state index in [9.17, 15) is 8.42 Å². The van der Waals surface area contributed by atoms with Crippen LogP contribution in [0.1, 0.15) is 0 Å². The Hall–Kier alpha value is -3.04. The molecule has 1 saturated heterocycles. The van der Waals surface area contributed by atoms with E-state index in [1.165, 1.54) is 18.5 Å². The van der Waals surface area contributed by atoms with Crippen molar-refractivity contribution in [3.05, 3.63) is 60.9 Å². The first kappa shape index (κ1) is 19.3. The largest absolute Gasteiger partial charge is 0.353 e. The van der Waals surface area contributed by atoms with Crippen LogP contribution in [-0.2, 0) is 10.0 Å². The van der Waals surface area contributed by atoms with Crippen molar-refractivity contribution in [2.45, 2.75) is 4.90 Å². The van der Waals surface area contributed by atoms with Crippen molar-refractivity contribution < 1.29 is 8.42 Å². The molecule has 0 unspecified atom stereocenters. The quantitative estimate of drug-likeness (QED) is 0.689. The molecule has 0 saturated carbocycles. The van der Waals surface area contributed by atoms with Crippen molar-refractivity contribution >= 4 is 21.5 Å². The van der Waals surface area contributed by atoms with Gasteiger partial charge in [-0.15, -0.1) is 10.2 Å². The predicted molar refractivity (Wildman–Crippen MR) is 112 cm³/mol. The number of anilines is 2. The average molecular weight is 411 g/mol. The Morgan fingerprint density at radius 3 is 2.48 bits per heavy atom. The fourth-order valence-corrected chi connectivity index (χ4v) is 4.16. The zero-order valence-corrected chi connectivity index (χ0v) is 16.9. The van der Waals surface area contributed by atoms with Crippen molar-refractivity contribution in [3.8, 4) is 11.3 Å². The van der Waals surface area contributed by atoms with Gasteiger partial charge >= 0.3 is 0 Å². The maximum absolute atomic E-state index is 12.5. The first-order valence-corrected chi connectivity index (χ1v) is 10.8. The van der Waals surface area contributed by atoms with Gasteiger partial charge in [0.25, 0.3) is 10.0 Å². The van der Waals surface area contributed by atoms with Gasteiger partial charge < -0.3 is 9.80 Å². The molecule has 3 aromatic rings. The molecule has 0 amide bonds. The Balaban J connectivity index is 1.51. The molecule has 0 radical (unpaired) electrons. The highest BCUT2D eigenvalue weighted by Crippen LogP contribution is 2.24. The van der Waals surface area contributed by atoms with Gasteiger partial charge in [0.15, 0.2) is 5.82 Å². The van der Waals surface area contributed by atoms with E-state index in [-0.39, 0.29) is 4.90 Å². The van der Waals surface area contributed by atoms with Gasteiger partial charge in [0.2, 0.25) is 0 Å². The Kier molecular flexibility index (Phi) is 5.41. The third kappa shape index (κ3) is 4.52. The number of likely N-dealkylation sites (N-methyl/N-ethyl adjacent to an activating group) is 1. The molecule has 150 valence electrons. The van der Waals surface area contributed by atoms with Gasteiger partial charge in [0.05, 0.1) is 5.69 Å². The molecule has 29 heavy (non-hydrogen) atoms. The molecule has 4 rings (SSSR count). The van der Waals surface area contributed by atoms with Gasteiger partial charge in [-0.1, -0.05) is 12.1 Å². The second kappa shape index (κ2) is 8.14. The topological polar surface area (TPSA) is 91.3 Å². The van der Waals surface area contributed by atoms with Crippen LogP contribution in [0.4, 0.5) is 11.5 Å². The van der Waals surface area contributed by atoms with Crippen LogP contribution in [0.25, 0.3) is 11.3 Å². The molecule has 8 nitrogen and oxygen atoms in total. The van der Waals surface area contributed by atoms with Crippen LogP contribution in [-0.4, -0.2) is 61.7 Å². The zero-order chi connectivity index (χ0) is 20.3. The highest BCUT2D eigenvalue weighted by atomic mass is 32.2. The monoisotopic (exact) mass is 410 g/mol. The molecular weight excluding hydrogens is 388 g/mol. The van der Waals surface area contributed by atoms with E-state index < -0.39 is 10.0 Å². The maximum Gasteiger partial charge on any atom is 0.263 e. The molecule has 1 aliphatic heterocycles. The maximum atomic E-state index is 12.5. The van der Waals surface area contributed by atoms with Gasteiger partial charge in [-0.25, -0.2) is 8.42 Å². The van der Waals surface area contributed by atoms with E-state index in [1.807, 2.05) is 18.2 Å². The lowest BCUT2D eigenvalue weighted by atomic mass is 10.1. The predicted octanol–water partition coefficient (Wildman–Crippen LogP) is 2.09. The summed E-state index contributed by atoms with van der Waals surface area (Å²) in [6.07, 6.45) is 2.85. The molecular formula is C20H22N6O2S. The minimum atomic E-state index is -3.70. The van der Waals surface area contributed by atoms with Crippen molar-refractivity contribution in [2.24, 2.45) is 0 Å². The molecule has 0 bridgehead atoms. The van der Waals surface area contributed by atoms with E-state index in [0.717, 1.165) is 37.6 Å². The Bertz CT molecular complexity index is 1070. The van der Waals surface area contributed by atoms with Crippen LogP contribution in [0.2, 0.25) is 0 Å². The molecule has 9 heteroatoms. The van der Waals surface area contributed by atoms with Crippen LogP contribution in [0, 0.1) is 0 Å². The van der Waals surface area contributed by atoms with E-state index in [2.05, 4.69) is 36.8 Å². The number of hydrogen-bond donors (Lipinski definition) is 1. The zero-order valence-electron chi connectivity index (χ0n) is 16.1. The van der Waals surface area contributed by atoms with Gasteiger partial charge in [-0.3, -0.25) is 9.71 Å². The average Bonchev–Trinajstić information content (AvgIpc) is 2.75. The van der Waals surface area contributed by atoms with E-state index in [4.69, 9.17) is 0 Å². The molecule has 1 aromatic carbocycles. The van der Waals surface area contributed by atoms with E-state index >= 15 is 0 Å². The number of piperazine rings is 1. The summed E-state index contributed by atoms with van der Waals surface area (Å²) in [5.41, 5.74) is 1.93. The summed E-state index contributed by atoms with van der Waals surface area (Å²) in [5.74, 6) is 0.857. The molecule has 1 N–H and O–H groups in total. The summed E-state index contributed by atoms with van der Waals surface area (Å²) in [5, 5.41) is 8.71. The van der Waals surface area contributed by atoms with Crippen molar-refractivity contribution in [1.29, 1.82) is 0 Å². The fourth-order valence-electron chi connectivity index (χ4n) is 3.15. The van der Waals surface area contributed by atoms with Crippen molar-refractivity contribution in [2.75, 3.05) is 42.8 Å². The smallest absolute Gasteiger partial charge is 0.263 e. The second-order valence-electron chi connectivity index (χ2n) is 6.94. The Morgan fingerprint density at radius 2 is 1.79 bits per heavy atom. The van der Waals surface area contributed by atoms with Gasteiger partial charge in [0, 0.05) is 49.8 Å². The van der Waals surface area contributed by atoms with Gasteiger partial charge in [0.1, 0.15) is 4.90 Å². The lowest BCUT2D eigenvalue weighted by Crippen LogP contribution is -2.44. The van der Waals surface area contributed by atoms with Crippen molar-refractivity contribution in [1.82, 2.24) is 20.1 Å². The van der Waals surface area contributed by atoms with E-state index in [1.54, 1.807) is 24.3 Å². The molecule has 0 atom stereocenters. The number of hydrogen-bond acceptors (Lipinski definition) is 7. The van der Waals surface area contributed by atoms with E-state index in [0.29, 0.717) is 11.4 Å². The van der Waals surface area contributed by atoms with Crippen LogP contribution in [0.3, 0.4) is 0 Å². The lowest BCUT2D eigenvalue weighted by molar-refractivity contribution is 0.312. The minimum absolute atomic E-state index is 0.113. The van der Waals surface area contributed by atoms with Crippen LogP contribution < -0.4 is 9.62 Å². The van der Waals surface area contributed by atoms with Gasteiger partial charge in [-0.05, 0) is 43.4 Å². The number of sulfonamides is 1. The number of aromatic nitrogens is 3. The van der Waals surface area contributed by atoms with Crippen LogP contribution >= 0.6 is 0 Å². The number of nitrogens with zero attached hydrogens (tertiary/aromatic N) is 5. The number of benzene rings is 1. The SMILES string of the molecule is CN1CCN(c2ccc(-c3cccc(NS(=O)(=O)c4cccnc4)c3)nn2)CC1. The molecule has 3 heterocycles. The summed E-state index contributed by atoms with van der Waals surface area (Å²) in [4.78, 5) is 8.48. The third-order valence-electron chi connectivity index (χ3n) is 4.83.